The van der Waals surface area contributed by atoms with E-state index in [-0.39, 0.29) is 5.82 Å². The van der Waals surface area contributed by atoms with Crippen molar-refractivity contribution in [2.75, 3.05) is 19.0 Å². The Hall–Kier alpha value is -3.53. The smallest absolute Gasteiger partial charge is 0.162 e. The predicted octanol–water partition coefficient (Wildman–Crippen LogP) is 6.51. The first kappa shape index (κ1) is 21.2. The number of anilines is 1. The van der Waals surface area contributed by atoms with Crippen LogP contribution in [0.5, 0.6) is 0 Å². The molecular weight excluding hydrogens is 373 g/mol. The Labute approximate surface area is 177 Å². The van der Waals surface area contributed by atoms with Crippen molar-refractivity contribution in [3.63, 3.8) is 0 Å². The predicted molar refractivity (Wildman–Crippen MR) is 126 cm³/mol. The highest BCUT2D eigenvalue weighted by Crippen LogP contribution is 2.33. The number of benzene rings is 2. The molecule has 0 radical (unpaired) electrons. The molecule has 0 fully saturated rings. The Balaban J connectivity index is 2.31. The van der Waals surface area contributed by atoms with Gasteiger partial charge < -0.3 is 4.90 Å². The molecule has 1 aromatic heterocycles. The van der Waals surface area contributed by atoms with Gasteiger partial charge in [-0.1, -0.05) is 55.2 Å². The number of allylic oxidation sites excluding steroid dienone is 6. The van der Waals surface area contributed by atoms with Crippen molar-refractivity contribution in [3.8, 4) is 11.1 Å². The molecule has 3 rings (SSSR count). The third-order valence-electron chi connectivity index (χ3n) is 4.65. The molecule has 1 heterocycles. The second-order valence-corrected chi connectivity index (χ2v) is 7.48. The number of hydrogen-bond donors (Lipinski definition) is 0. The molecule has 0 unspecified atom stereocenters. The van der Waals surface area contributed by atoms with Crippen LogP contribution in [0.25, 0.3) is 27.6 Å². The van der Waals surface area contributed by atoms with Crippen LogP contribution < -0.4 is 4.90 Å². The van der Waals surface area contributed by atoms with Crippen LogP contribution in [0.15, 0.2) is 79.4 Å². The monoisotopic (exact) mass is 399 g/mol. The standard InChI is InChI=1S/C26H26FN3/c1-7-8-11-19(14-17(2)3)25-28-24-18(4)15-20(21-12-9-10-13-23(21)27)16-22(24)26(29-25)30(5)6/h7-16H,1-2H2,3-6H3/b11-8-,19-14+. The average molecular weight is 400 g/mol. The minimum atomic E-state index is -0.249. The number of halogens is 1. The lowest BCUT2D eigenvalue weighted by Gasteiger charge is -2.18. The lowest BCUT2D eigenvalue weighted by molar-refractivity contribution is 0.631. The summed E-state index contributed by atoms with van der Waals surface area (Å²) in [7, 11) is 3.89. The highest BCUT2D eigenvalue weighted by molar-refractivity contribution is 5.96. The number of nitrogens with zero attached hydrogens (tertiary/aromatic N) is 3. The highest BCUT2D eigenvalue weighted by atomic mass is 19.1. The van der Waals surface area contributed by atoms with E-state index in [1.807, 2.05) is 69.3 Å². The largest absolute Gasteiger partial charge is 0.362 e. The topological polar surface area (TPSA) is 29.0 Å². The van der Waals surface area contributed by atoms with Crippen LogP contribution in [-0.4, -0.2) is 24.1 Å². The number of rotatable bonds is 6. The first-order valence-corrected chi connectivity index (χ1v) is 9.73. The third-order valence-corrected chi connectivity index (χ3v) is 4.65. The van der Waals surface area contributed by atoms with Crippen molar-refractivity contribution in [2.45, 2.75) is 13.8 Å². The fraction of sp³-hybridized carbons (Fsp3) is 0.154. The van der Waals surface area contributed by atoms with Crippen LogP contribution in [0.1, 0.15) is 18.3 Å². The van der Waals surface area contributed by atoms with Crippen LogP contribution in [0.2, 0.25) is 0 Å². The second kappa shape index (κ2) is 8.87. The van der Waals surface area contributed by atoms with Gasteiger partial charge in [0, 0.05) is 30.6 Å². The quantitative estimate of drug-likeness (QED) is 0.442. The van der Waals surface area contributed by atoms with Crippen molar-refractivity contribution in [2.24, 2.45) is 0 Å². The van der Waals surface area contributed by atoms with Crippen molar-refractivity contribution >= 4 is 22.3 Å². The maximum Gasteiger partial charge on any atom is 0.162 e. The molecule has 0 N–H and O–H groups in total. The molecule has 2 aromatic carbocycles. The summed E-state index contributed by atoms with van der Waals surface area (Å²) in [6.45, 7) is 11.6. The maximum atomic E-state index is 14.4. The van der Waals surface area contributed by atoms with Crippen molar-refractivity contribution in [3.05, 3.63) is 96.6 Å². The number of fused-ring (bicyclic) bond motifs is 1. The van der Waals surface area contributed by atoms with Crippen LogP contribution in [-0.2, 0) is 0 Å². The maximum absolute atomic E-state index is 14.4. The van der Waals surface area contributed by atoms with Gasteiger partial charge in [0.05, 0.1) is 5.52 Å². The third kappa shape index (κ3) is 4.38. The molecule has 0 aliphatic heterocycles. The normalized spacial score (nSPS) is 11.8. The molecule has 0 bridgehead atoms. The lowest BCUT2D eigenvalue weighted by Crippen LogP contribution is -2.13. The van der Waals surface area contributed by atoms with Crippen molar-refractivity contribution in [1.29, 1.82) is 0 Å². The summed E-state index contributed by atoms with van der Waals surface area (Å²) in [4.78, 5) is 11.6. The average Bonchev–Trinajstić information content (AvgIpc) is 2.70. The first-order chi connectivity index (χ1) is 14.3. The molecule has 0 amide bonds. The van der Waals surface area contributed by atoms with E-state index in [9.17, 15) is 4.39 Å². The summed E-state index contributed by atoms with van der Waals surface area (Å²) in [5, 5.41) is 0.879. The molecule has 30 heavy (non-hydrogen) atoms. The van der Waals surface area contributed by atoms with Gasteiger partial charge in [0.15, 0.2) is 5.82 Å². The molecule has 0 aliphatic carbocycles. The molecule has 4 heteroatoms. The summed E-state index contributed by atoms with van der Waals surface area (Å²) < 4.78 is 14.4. The van der Waals surface area contributed by atoms with Gasteiger partial charge in [0.2, 0.25) is 0 Å². The molecule has 0 aliphatic rings. The molecule has 3 nitrogen and oxygen atoms in total. The molecule has 0 atom stereocenters. The van der Waals surface area contributed by atoms with Gasteiger partial charge >= 0.3 is 0 Å². The summed E-state index contributed by atoms with van der Waals surface area (Å²) in [6, 6.07) is 10.7. The fourth-order valence-corrected chi connectivity index (χ4v) is 3.34. The Morgan fingerprint density at radius 3 is 2.50 bits per heavy atom. The highest BCUT2D eigenvalue weighted by Gasteiger charge is 2.16. The van der Waals surface area contributed by atoms with Crippen molar-refractivity contribution < 1.29 is 4.39 Å². The van der Waals surface area contributed by atoms with E-state index in [2.05, 4.69) is 13.2 Å². The summed E-state index contributed by atoms with van der Waals surface area (Å²) >= 11 is 0. The van der Waals surface area contributed by atoms with Crippen LogP contribution in [0.4, 0.5) is 10.2 Å². The van der Waals surface area contributed by atoms with E-state index in [1.54, 1.807) is 18.2 Å². The molecule has 0 saturated heterocycles. The van der Waals surface area contributed by atoms with Gasteiger partial charge in [0.25, 0.3) is 0 Å². The van der Waals surface area contributed by atoms with E-state index in [0.717, 1.165) is 39.0 Å². The van der Waals surface area contributed by atoms with Gasteiger partial charge in [-0.2, -0.15) is 0 Å². The van der Waals surface area contributed by atoms with Crippen LogP contribution >= 0.6 is 0 Å². The van der Waals surface area contributed by atoms with Gasteiger partial charge in [-0.05, 0) is 49.2 Å². The van der Waals surface area contributed by atoms with Gasteiger partial charge in [-0.15, -0.1) is 0 Å². The molecular formula is C26H26FN3. The summed E-state index contributed by atoms with van der Waals surface area (Å²) in [5.74, 6) is 1.13. The summed E-state index contributed by atoms with van der Waals surface area (Å²) in [6.07, 6.45) is 7.44. The molecule has 3 aromatic rings. The van der Waals surface area contributed by atoms with E-state index < -0.39 is 0 Å². The Bertz CT molecular complexity index is 1190. The molecule has 0 spiro atoms. The molecule has 0 saturated carbocycles. The zero-order valence-corrected chi connectivity index (χ0v) is 17.9. The summed E-state index contributed by atoms with van der Waals surface area (Å²) in [5.41, 5.74) is 4.92. The van der Waals surface area contributed by atoms with E-state index >= 15 is 0 Å². The zero-order valence-electron chi connectivity index (χ0n) is 17.9. The fourth-order valence-electron chi connectivity index (χ4n) is 3.34. The van der Waals surface area contributed by atoms with E-state index in [0.29, 0.717) is 11.4 Å². The first-order valence-electron chi connectivity index (χ1n) is 9.73. The zero-order chi connectivity index (χ0) is 21.8. The lowest BCUT2D eigenvalue weighted by atomic mass is 9.99. The number of aromatic nitrogens is 2. The SMILES string of the molecule is C=C/C=C\C(=C/C(=C)C)c1nc(N(C)C)c2cc(-c3ccccc3F)cc(C)c2n1. The number of aryl methyl sites for hydroxylation is 1. The van der Waals surface area contributed by atoms with E-state index in [1.165, 1.54) is 6.07 Å². The van der Waals surface area contributed by atoms with Gasteiger partial charge in [-0.3, -0.25) is 0 Å². The Morgan fingerprint density at radius 2 is 1.87 bits per heavy atom. The minimum Gasteiger partial charge on any atom is -0.362 e. The molecule has 152 valence electrons. The minimum absolute atomic E-state index is 0.249. The Kier molecular flexibility index (Phi) is 6.26. The van der Waals surface area contributed by atoms with Gasteiger partial charge in [-0.25, -0.2) is 14.4 Å². The van der Waals surface area contributed by atoms with Crippen LogP contribution in [0.3, 0.4) is 0 Å². The van der Waals surface area contributed by atoms with Crippen LogP contribution in [0, 0.1) is 12.7 Å². The Morgan fingerprint density at radius 1 is 1.13 bits per heavy atom. The van der Waals surface area contributed by atoms with Crippen molar-refractivity contribution in [1.82, 2.24) is 9.97 Å². The second-order valence-electron chi connectivity index (χ2n) is 7.48. The number of hydrogen-bond acceptors (Lipinski definition) is 3. The van der Waals surface area contributed by atoms with E-state index in [4.69, 9.17) is 9.97 Å². The van der Waals surface area contributed by atoms with Gasteiger partial charge in [0.1, 0.15) is 11.6 Å².